The third-order valence-corrected chi connectivity index (χ3v) is 6.69. The molecule has 0 heterocycles. The van der Waals surface area contributed by atoms with Gasteiger partial charge in [0.05, 0.1) is 7.11 Å². The molecule has 0 aliphatic heterocycles. The summed E-state index contributed by atoms with van der Waals surface area (Å²) < 4.78 is 31.4. The zero-order chi connectivity index (χ0) is 21.1. The van der Waals surface area contributed by atoms with Crippen LogP contribution in [0.1, 0.15) is 35.3 Å². The SMILES string of the molecule is CCc1ccc(Cl)c(CC)c1NC(=O)c1ccc(OC)c(S(=O)(=O)N(C)C)c1. The van der Waals surface area contributed by atoms with Gasteiger partial charge in [0.25, 0.3) is 5.91 Å². The maximum Gasteiger partial charge on any atom is 0.255 e. The summed E-state index contributed by atoms with van der Waals surface area (Å²) >= 11 is 6.29. The van der Waals surface area contributed by atoms with Gasteiger partial charge in [0, 0.05) is 30.4 Å². The van der Waals surface area contributed by atoms with Gasteiger partial charge in [-0.25, -0.2) is 12.7 Å². The van der Waals surface area contributed by atoms with Crippen LogP contribution in [0.15, 0.2) is 35.2 Å². The Morgan fingerprint density at radius 3 is 2.36 bits per heavy atom. The Balaban J connectivity index is 2.51. The van der Waals surface area contributed by atoms with E-state index in [0.717, 1.165) is 21.9 Å². The van der Waals surface area contributed by atoms with Crippen molar-refractivity contribution in [1.82, 2.24) is 4.31 Å². The van der Waals surface area contributed by atoms with E-state index in [1.165, 1.54) is 39.4 Å². The average molecular weight is 425 g/mol. The number of ether oxygens (including phenoxy) is 1. The Morgan fingerprint density at radius 1 is 1.14 bits per heavy atom. The highest BCUT2D eigenvalue weighted by Gasteiger charge is 2.24. The molecule has 0 spiro atoms. The smallest absolute Gasteiger partial charge is 0.255 e. The average Bonchev–Trinajstić information content (AvgIpc) is 2.67. The highest BCUT2D eigenvalue weighted by Crippen LogP contribution is 2.31. The summed E-state index contributed by atoms with van der Waals surface area (Å²) in [6.45, 7) is 3.96. The fourth-order valence-electron chi connectivity index (χ4n) is 2.87. The zero-order valence-corrected chi connectivity index (χ0v) is 18.2. The van der Waals surface area contributed by atoms with Crippen LogP contribution in [0.3, 0.4) is 0 Å². The predicted octanol–water partition coefficient (Wildman–Crippen LogP) is 3.98. The monoisotopic (exact) mass is 424 g/mol. The molecule has 2 aromatic rings. The first-order chi connectivity index (χ1) is 13.2. The van der Waals surface area contributed by atoms with Crippen molar-refractivity contribution in [1.29, 1.82) is 0 Å². The molecule has 2 aromatic carbocycles. The van der Waals surface area contributed by atoms with Crippen molar-refractivity contribution in [3.63, 3.8) is 0 Å². The third kappa shape index (κ3) is 4.32. The highest BCUT2D eigenvalue weighted by molar-refractivity contribution is 7.89. The third-order valence-electron chi connectivity index (χ3n) is 4.50. The van der Waals surface area contributed by atoms with E-state index in [1.807, 2.05) is 26.0 Å². The molecule has 0 saturated heterocycles. The molecular weight excluding hydrogens is 400 g/mol. The minimum atomic E-state index is -3.77. The number of nitrogens with zero attached hydrogens (tertiary/aromatic N) is 1. The van der Waals surface area contributed by atoms with Crippen molar-refractivity contribution in [3.05, 3.63) is 52.0 Å². The van der Waals surface area contributed by atoms with Gasteiger partial charge in [0.15, 0.2) is 0 Å². The Hall–Kier alpha value is -2.09. The molecule has 0 saturated carbocycles. The van der Waals surface area contributed by atoms with Crippen LogP contribution < -0.4 is 10.1 Å². The number of aryl methyl sites for hydroxylation is 1. The second-order valence-electron chi connectivity index (χ2n) is 6.37. The standard InChI is InChI=1S/C20H25ClN2O4S/c1-6-13-8-10-16(21)15(7-2)19(13)22-20(24)14-9-11-17(27-5)18(12-14)28(25,26)23(3)4/h8-12H,6-7H2,1-5H3,(H,22,24). The molecule has 1 amide bonds. The number of nitrogens with one attached hydrogen (secondary N) is 1. The lowest BCUT2D eigenvalue weighted by Crippen LogP contribution is -2.23. The molecule has 0 aromatic heterocycles. The fourth-order valence-corrected chi connectivity index (χ4v) is 4.23. The van der Waals surface area contributed by atoms with Crippen LogP contribution in [0.25, 0.3) is 0 Å². The quantitative estimate of drug-likeness (QED) is 0.729. The minimum Gasteiger partial charge on any atom is -0.495 e. The number of rotatable bonds is 7. The van der Waals surface area contributed by atoms with Gasteiger partial charge in [-0.3, -0.25) is 4.79 Å². The topological polar surface area (TPSA) is 75.7 Å². The minimum absolute atomic E-state index is 0.0647. The summed E-state index contributed by atoms with van der Waals surface area (Å²) in [6, 6.07) is 8.04. The molecule has 1 N–H and O–H groups in total. The number of hydrogen-bond acceptors (Lipinski definition) is 4. The number of carbonyl (C=O) groups excluding carboxylic acids is 1. The largest absolute Gasteiger partial charge is 0.495 e. The molecule has 0 aliphatic carbocycles. The number of benzene rings is 2. The van der Waals surface area contributed by atoms with Crippen molar-refractivity contribution in [3.8, 4) is 5.75 Å². The van der Waals surface area contributed by atoms with Crippen LogP contribution in [0.2, 0.25) is 5.02 Å². The molecule has 6 nitrogen and oxygen atoms in total. The molecule has 0 unspecified atom stereocenters. The Bertz CT molecular complexity index is 988. The summed E-state index contributed by atoms with van der Waals surface area (Å²) in [5.74, 6) is -0.235. The summed E-state index contributed by atoms with van der Waals surface area (Å²) in [5.41, 5.74) is 2.70. The first-order valence-electron chi connectivity index (χ1n) is 8.89. The van der Waals surface area contributed by atoms with Crippen molar-refractivity contribution < 1.29 is 17.9 Å². The van der Waals surface area contributed by atoms with E-state index in [9.17, 15) is 13.2 Å². The van der Waals surface area contributed by atoms with Gasteiger partial charge in [0.2, 0.25) is 10.0 Å². The molecule has 28 heavy (non-hydrogen) atoms. The molecule has 2 rings (SSSR count). The van der Waals surface area contributed by atoms with Gasteiger partial charge < -0.3 is 10.1 Å². The number of methoxy groups -OCH3 is 1. The Morgan fingerprint density at radius 2 is 1.82 bits per heavy atom. The molecule has 8 heteroatoms. The highest BCUT2D eigenvalue weighted by atomic mass is 35.5. The number of amides is 1. The second kappa shape index (κ2) is 8.94. The van der Waals surface area contributed by atoms with E-state index in [-0.39, 0.29) is 16.2 Å². The summed E-state index contributed by atoms with van der Waals surface area (Å²) in [7, 11) is 0.462. The van der Waals surface area contributed by atoms with Gasteiger partial charge in [0.1, 0.15) is 10.6 Å². The normalized spacial score (nSPS) is 11.5. The van der Waals surface area contributed by atoms with E-state index >= 15 is 0 Å². The molecule has 0 atom stereocenters. The van der Waals surface area contributed by atoms with Gasteiger partial charge in [-0.1, -0.05) is 31.5 Å². The van der Waals surface area contributed by atoms with Gasteiger partial charge >= 0.3 is 0 Å². The Labute approximate surface area is 171 Å². The number of anilines is 1. The number of halogens is 1. The van der Waals surface area contributed by atoms with Crippen LogP contribution in [0, 0.1) is 0 Å². The number of hydrogen-bond donors (Lipinski definition) is 1. The van der Waals surface area contributed by atoms with Gasteiger partial charge in [-0.05, 0) is 48.2 Å². The van der Waals surface area contributed by atoms with Crippen LogP contribution >= 0.6 is 11.6 Å². The van der Waals surface area contributed by atoms with Crippen molar-refractivity contribution in [2.75, 3.05) is 26.5 Å². The molecule has 152 valence electrons. The van der Waals surface area contributed by atoms with E-state index in [4.69, 9.17) is 16.3 Å². The second-order valence-corrected chi connectivity index (χ2v) is 8.90. The van der Waals surface area contributed by atoms with Crippen molar-refractivity contribution in [2.45, 2.75) is 31.6 Å². The number of carbonyl (C=O) groups is 1. The number of sulfonamides is 1. The predicted molar refractivity (Wildman–Crippen MR) is 112 cm³/mol. The van der Waals surface area contributed by atoms with E-state index in [1.54, 1.807) is 0 Å². The van der Waals surface area contributed by atoms with Gasteiger partial charge in [-0.15, -0.1) is 0 Å². The van der Waals surface area contributed by atoms with E-state index in [2.05, 4.69) is 5.32 Å². The lowest BCUT2D eigenvalue weighted by atomic mass is 10.0. The van der Waals surface area contributed by atoms with Crippen LogP contribution in [-0.2, 0) is 22.9 Å². The molecular formula is C20H25ClN2O4S. The summed E-state index contributed by atoms with van der Waals surface area (Å²) in [4.78, 5) is 12.8. The van der Waals surface area contributed by atoms with Crippen LogP contribution in [0.5, 0.6) is 5.75 Å². The maximum atomic E-state index is 12.9. The van der Waals surface area contributed by atoms with E-state index < -0.39 is 15.9 Å². The fraction of sp³-hybridized carbons (Fsp3) is 0.350. The first-order valence-corrected chi connectivity index (χ1v) is 10.7. The zero-order valence-electron chi connectivity index (χ0n) is 16.7. The lowest BCUT2D eigenvalue weighted by molar-refractivity contribution is 0.102. The first kappa shape index (κ1) is 22.2. The summed E-state index contributed by atoms with van der Waals surface area (Å²) in [5, 5.41) is 3.49. The molecule has 0 aliphatic rings. The molecule has 0 radical (unpaired) electrons. The molecule has 0 fully saturated rings. The summed E-state index contributed by atoms with van der Waals surface area (Å²) in [6.07, 6.45) is 1.38. The Kier molecular flexibility index (Phi) is 7.09. The van der Waals surface area contributed by atoms with Gasteiger partial charge in [-0.2, -0.15) is 0 Å². The van der Waals surface area contributed by atoms with Crippen LogP contribution in [-0.4, -0.2) is 39.8 Å². The van der Waals surface area contributed by atoms with E-state index in [0.29, 0.717) is 17.1 Å². The van der Waals surface area contributed by atoms with Crippen molar-refractivity contribution >= 4 is 33.2 Å². The molecule has 0 bridgehead atoms. The maximum absolute atomic E-state index is 12.9. The lowest BCUT2D eigenvalue weighted by Gasteiger charge is -2.18. The van der Waals surface area contributed by atoms with Crippen molar-refractivity contribution in [2.24, 2.45) is 0 Å². The van der Waals surface area contributed by atoms with Crippen LogP contribution in [0.4, 0.5) is 5.69 Å².